The van der Waals surface area contributed by atoms with Crippen LogP contribution in [0.4, 0.5) is 11.4 Å². The van der Waals surface area contributed by atoms with Gasteiger partial charge in [0.15, 0.2) is 11.5 Å². The molecule has 0 spiro atoms. The Morgan fingerprint density at radius 2 is 2.05 bits per heavy atom. The SMILES string of the molecule is CCCC[N+]1=c2cc3c(cc2CCC1)=Nc1cc2c(cc1O3)N(CCCOC=O)C(C)(C)CC2CS(=O)(=O)O. The summed E-state index contributed by atoms with van der Waals surface area (Å²) in [5.74, 6) is 0.586. The van der Waals surface area contributed by atoms with Crippen molar-refractivity contribution in [2.45, 2.75) is 70.8 Å². The fourth-order valence-electron chi connectivity index (χ4n) is 6.31. The van der Waals surface area contributed by atoms with Crippen molar-refractivity contribution >= 4 is 28.0 Å². The van der Waals surface area contributed by atoms with Crippen LogP contribution in [0.25, 0.3) is 0 Å². The number of anilines is 1. The third-order valence-corrected chi connectivity index (χ3v) is 8.88. The molecule has 0 aromatic heterocycles. The number of fused-ring (bicyclic) bond motifs is 4. The van der Waals surface area contributed by atoms with E-state index in [1.165, 1.54) is 10.9 Å². The Morgan fingerprint density at radius 1 is 1.23 bits per heavy atom. The van der Waals surface area contributed by atoms with E-state index in [1.807, 2.05) is 12.1 Å². The minimum absolute atomic E-state index is 0.295. The Kier molecular flexibility index (Phi) is 7.70. The maximum atomic E-state index is 12.0. The summed E-state index contributed by atoms with van der Waals surface area (Å²) in [4.78, 5) is 17.8. The van der Waals surface area contributed by atoms with Gasteiger partial charge < -0.3 is 14.4 Å². The maximum Gasteiger partial charge on any atom is 0.293 e. The second-order valence-electron chi connectivity index (χ2n) is 11.4. The van der Waals surface area contributed by atoms with E-state index < -0.39 is 21.6 Å². The molecule has 0 saturated carbocycles. The van der Waals surface area contributed by atoms with Crippen molar-refractivity contribution < 1.29 is 27.2 Å². The number of ether oxygens (including phenoxy) is 2. The fraction of sp³-hybridized carbons (Fsp3) is 0.552. The molecule has 0 radical (unpaired) electrons. The second kappa shape index (κ2) is 10.9. The fourth-order valence-corrected chi connectivity index (χ4v) is 7.11. The minimum atomic E-state index is -4.19. The Balaban J connectivity index is 1.60. The van der Waals surface area contributed by atoms with Gasteiger partial charge in [0.25, 0.3) is 16.6 Å². The van der Waals surface area contributed by atoms with E-state index in [0.29, 0.717) is 43.9 Å². The number of aryl methyl sites for hydroxylation is 1. The molecule has 0 bridgehead atoms. The van der Waals surface area contributed by atoms with Crippen LogP contribution in [0.15, 0.2) is 29.3 Å². The first-order valence-electron chi connectivity index (χ1n) is 13.9. The van der Waals surface area contributed by atoms with E-state index in [9.17, 15) is 17.8 Å². The minimum Gasteiger partial charge on any atom is -0.468 e. The molecule has 5 rings (SSSR count). The van der Waals surface area contributed by atoms with Gasteiger partial charge in [-0.05, 0) is 50.8 Å². The summed E-state index contributed by atoms with van der Waals surface area (Å²) in [6.07, 6.45) is 5.56. The van der Waals surface area contributed by atoms with Gasteiger partial charge in [-0.3, -0.25) is 9.35 Å². The van der Waals surface area contributed by atoms with E-state index in [0.717, 1.165) is 61.1 Å². The first-order chi connectivity index (χ1) is 18.6. The van der Waals surface area contributed by atoms with Crippen LogP contribution in [-0.2, 0) is 26.1 Å². The third-order valence-electron chi connectivity index (χ3n) is 8.06. The zero-order chi connectivity index (χ0) is 27.8. The number of rotatable bonds is 10. The summed E-state index contributed by atoms with van der Waals surface area (Å²) in [7, 11) is -4.19. The second-order valence-corrected chi connectivity index (χ2v) is 12.9. The molecule has 3 aliphatic rings. The normalized spacial score (nSPS) is 19.1. The zero-order valence-corrected chi connectivity index (χ0v) is 23.8. The molecule has 2 aromatic carbocycles. The number of hydrogen-bond donors (Lipinski definition) is 1. The number of carbonyl (C=O) groups excluding carboxylic acids is 1. The van der Waals surface area contributed by atoms with Crippen LogP contribution in [0.2, 0.25) is 0 Å². The standard InChI is InChI=1S/C29H37N3O6S/c1-4-5-9-31-10-6-8-20-13-23-27(15-25(20)31)38-28-16-26-22(14-24(28)30-23)21(18-39(34,35)36)17-29(2,3)32(26)11-7-12-37-19-33/h13-16,19,21H,4-12,17-18H2,1-3H3/p+1. The number of carbonyl (C=O) groups is 1. The van der Waals surface area contributed by atoms with Gasteiger partial charge in [-0.1, -0.05) is 13.3 Å². The van der Waals surface area contributed by atoms with Crippen molar-refractivity contribution in [3.8, 4) is 11.5 Å². The summed E-state index contributed by atoms with van der Waals surface area (Å²) in [5, 5.41) is 2.00. The van der Waals surface area contributed by atoms with Crippen molar-refractivity contribution in [3.63, 3.8) is 0 Å². The van der Waals surface area contributed by atoms with E-state index in [1.54, 1.807) is 0 Å². The largest absolute Gasteiger partial charge is 0.468 e. The molecule has 1 atom stereocenters. The molecular weight excluding hydrogens is 518 g/mol. The lowest BCUT2D eigenvalue weighted by Crippen LogP contribution is -2.50. The maximum absolute atomic E-state index is 12.0. The number of unbranched alkanes of at least 4 members (excludes halogenated alkanes) is 1. The van der Waals surface area contributed by atoms with E-state index in [2.05, 4.69) is 42.4 Å². The van der Waals surface area contributed by atoms with Crippen LogP contribution in [0, 0.1) is 0 Å². The average Bonchev–Trinajstić information content (AvgIpc) is 2.87. The van der Waals surface area contributed by atoms with Crippen LogP contribution < -0.4 is 24.9 Å². The number of hydrogen-bond acceptors (Lipinski definition) is 7. The lowest BCUT2D eigenvalue weighted by Gasteiger charge is -2.48. The predicted octanol–water partition coefficient (Wildman–Crippen LogP) is 3.50. The van der Waals surface area contributed by atoms with Gasteiger partial charge in [0.1, 0.15) is 24.1 Å². The Hall–Kier alpha value is -2.98. The smallest absolute Gasteiger partial charge is 0.293 e. The molecule has 1 N–H and O–H groups in total. The number of nitrogens with zero attached hydrogens (tertiary/aromatic N) is 3. The molecule has 3 heterocycles. The highest BCUT2D eigenvalue weighted by atomic mass is 32.2. The first-order valence-corrected chi connectivity index (χ1v) is 15.5. The van der Waals surface area contributed by atoms with Gasteiger partial charge in [-0.25, -0.2) is 9.57 Å². The van der Waals surface area contributed by atoms with Crippen molar-refractivity contribution in [3.05, 3.63) is 46.1 Å². The molecule has 1 unspecified atom stereocenters. The summed E-state index contributed by atoms with van der Waals surface area (Å²) in [6.45, 7) is 9.74. The van der Waals surface area contributed by atoms with Crippen molar-refractivity contribution in [2.24, 2.45) is 4.99 Å². The van der Waals surface area contributed by atoms with Gasteiger partial charge in [-0.2, -0.15) is 8.42 Å². The molecule has 10 heteroatoms. The topological polar surface area (TPSA) is 109 Å². The Bertz CT molecular complexity index is 1500. The summed E-state index contributed by atoms with van der Waals surface area (Å²) >= 11 is 0. The molecule has 39 heavy (non-hydrogen) atoms. The first kappa shape index (κ1) is 27.6. The predicted molar refractivity (Wildman–Crippen MR) is 149 cm³/mol. The van der Waals surface area contributed by atoms with Gasteiger partial charge >= 0.3 is 0 Å². The van der Waals surface area contributed by atoms with Gasteiger partial charge in [0.05, 0.1) is 18.4 Å². The van der Waals surface area contributed by atoms with E-state index in [-0.39, 0.29) is 5.75 Å². The highest BCUT2D eigenvalue weighted by Gasteiger charge is 2.40. The molecule has 210 valence electrons. The van der Waals surface area contributed by atoms with Gasteiger partial charge in [0, 0.05) is 48.2 Å². The van der Waals surface area contributed by atoms with Gasteiger partial charge in [0.2, 0.25) is 5.36 Å². The number of benzene rings is 2. The lowest BCUT2D eigenvalue weighted by atomic mass is 9.79. The quantitative estimate of drug-likeness (QED) is 0.176. The van der Waals surface area contributed by atoms with Crippen LogP contribution in [-0.4, -0.2) is 57.0 Å². The van der Waals surface area contributed by atoms with Gasteiger partial charge in [-0.15, -0.1) is 0 Å². The van der Waals surface area contributed by atoms with E-state index >= 15 is 0 Å². The Labute approximate surface area is 229 Å². The van der Waals surface area contributed by atoms with Crippen molar-refractivity contribution in [1.82, 2.24) is 4.58 Å². The zero-order valence-electron chi connectivity index (χ0n) is 23.0. The molecule has 9 nitrogen and oxygen atoms in total. The molecule has 0 aliphatic carbocycles. The lowest BCUT2D eigenvalue weighted by molar-refractivity contribution is -0.128. The van der Waals surface area contributed by atoms with E-state index in [4.69, 9.17) is 14.5 Å². The summed E-state index contributed by atoms with van der Waals surface area (Å²) < 4.78 is 47.5. The van der Waals surface area contributed by atoms with Crippen LogP contribution in [0.1, 0.15) is 69.9 Å². The Morgan fingerprint density at radius 3 is 2.79 bits per heavy atom. The van der Waals surface area contributed by atoms with Crippen LogP contribution in [0.5, 0.6) is 11.5 Å². The summed E-state index contributed by atoms with van der Waals surface area (Å²) in [5.41, 5.74) is 3.21. The highest BCUT2D eigenvalue weighted by molar-refractivity contribution is 7.85. The molecule has 3 aliphatic heterocycles. The highest BCUT2D eigenvalue weighted by Crippen LogP contribution is 2.49. The van der Waals surface area contributed by atoms with Crippen LogP contribution >= 0.6 is 0 Å². The molecule has 0 saturated heterocycles. The molecule has 2 aromatic rings. The summed E-state index contributed by atoms with van der Waals surface area (Å²) in [6, 6.07) is 8.11. The average molecular weight is 557 g/mol. The van der Waals surface area contributed by atoms with Crippen LogP contribution in [0.3, 0.4) is 0 Å². The molecule has 0 fully saturated rings. The van der Waals surface area contributed by atoms with Crippen molar-refractivity contribution in [1.29, 1.82) is 0 Å². The third kappa shape index (κ3) is 5.82. The van der Waals surface area contributed by atoms with Crippen molar-refractivity contribution in [2.75, 3.05) is 36.9 Å². The molecule has 0 amide bonds. The molecular formula is C29H38N3O6S+. The monoisotopic (exact) mass is 556 g/mol.